The smallest absolute Gasteiger partial charge is 0.309 e. The van der Waals surface area contributed by atoms with Crippen LogP contribution in [-0.2, 0) is 14.9 Å². The zero-order valence-electron chi connectivity index (χ0n) is 11.6. The molecule has 0 amide bonds. The highest BCUT2D eigenvalue weighted by molar-refractivity contribution is 5.74. The van der Waals surface area contributed by atoms with Gasteiger partial charge in [-0.2, -0.15) is 0 Å². The van der Waals surface area contributed by atoms with Crippen molar-refractivity contribution in [1.29, 1.82) is 0 Å². The largest absolute Gasteiger partial charge is 0.496 e. The van der Waals surface area contributed by atoms with Gasteiger partial charge in [-0.1, -0.05) is 18.2 Å². The molecule has 1 N–H and O–H groups in total. The minimum absolute atomic E-state index is 0.255. The van der Waals surface area contributed by atoms with Crippen molar-refractivity contribution in [1.82, 2.24) is 0 Å². The van der Waals surface area contributed by atoms with Gasteiger partial charge in [0, 0.05) is 11.0 Å². The second kappa shape index (κ2) is 4.85. The summed E-state index contributed by atoms with van der Waals surface area (Å²) in [5, 5.41) is 9.33. The van der Waals surface area contributed by atoms with Crippen LogP contribution in [0.5, 0.6) is 5.75 Å². The summed E-state index contributed by atoms with van der Waals surface area (Å²) in [6.07, 6.45) is 0.537. The van der Waals surface area contributed by atoms with Crippen LogP contribution in [0.4, 0.5) is 0 Å². The average Bonchev–Trinajstić information content (AvgIpc) is 2.33. The summed E-state index contributed by atoms with van der Waals surface area (Å²) in [5.41, 5.74) is -0.00265. The minimum Gasteiger partial charge on any atom is -0.496 e. The van der Waals surface area contributed by atoms with Crippen LogP contribution < -0.4 is 4.74 Å². The standard InChI is InChI=1S/C15H20O4/c1-14(2,13(16)17)8-15(9-19-10-15)11-6-4-5-7-12(11)18-3/h4-7H,8-10H2,1-3H3,(H,16,17). The van der Waals surface area contributed by atoms with Gasteiger partial charge < -0.3 is 14.6 Å². The van der Waals surface area contributed by atoms with E-state index in [4.69, 9.17) is 9.47 Å². The van der Waals surface area contributed by atoms with Crippen molar-refractivity contribution in [2.24, 2.45) is 5.41 Å². The number of aliphatic carboxylic acids is 1. The van der Waals surface area contributed by atoms with E-state index in [-0.39, 0.29) is 5.41 Å². The number of rotatable bonds is 5. The lowest BCUT2D eigenvalue weighted by molar-refractivity contribution is -0.152. The molecule has 4 heteroatoms. The first-order valence-corrected chi connectivity index (χ1v) is 6.36. The van der Waals surface area contributed by atoms with Gasteiger partial charge in [0.05, 0.1) is 25.7 Å². The molecule has 1 aliphatic heterocycles. The third kappa shape index (κ3) is 2.45. The molecule has 0 radical (unpaired) electrons. The summed E-state index contributed by atoms with van der Waals surface area (Å²) >= 11 is 0. The Morgan fingerprint density at radius 1 is 1.42 bits per heavy atom. The van der Waals surface area contributed by atoms with E-state index in [0.717, 1.165) is 11.3 Å². The molecule has 1 fully saturated rings. The van der Waals surface area contributed by atoms with Crippen molar-refractivity contribution < 1.29 is 19.4 Å². The van der Waals surface area contributed by atoms with Crippen LogP contribution in [0.25, 0.3) is 0 Å². The van der Waals surface area contributed by atoms with Gasteiger partial charge in [0.2, 0.25) is 0 Å². The molecule has 1 aliphatic rings. The number of carboxylic acids is 1. The molecule has 1 aromatic rings. The van der Waals surface area contributed by atoms with Crippen LogP contribution in [0.2, 0.25) is 0 Å². The lowest BCUT2D eigenvalue weighted by atomic mass is 9.67. The van der Waals surface area contributed by atoms with E-state index in [1.54, 1.807) is 21.0 Å². The van der Waals surface area contributed by atoms with Crippen LogP contribution in [0.15, 0.2) is 24.3 Å². The summed E-state index contributed by atoms with van der Waals surface area (Å²) in [7, 11) is 1.63. The molecule has 1 heterocycles. The van der Waals surface area contributed by atoms with E-state index < -0.39 is 11.4 Å². The Morgan fingerprint density at radius 2 is 2.05 bits per heavy atom. The number of hydrogen-bond acceptors (Lipinski definition) is 3. The molecule has 4 nitrogen and oxygen atoms in total. The van der Waals surface area contributed by atoms with E-state index in [0.29, 0.717) is 19.6 Å². The second-order valence-corrected chi connectivity index (χ2v) is 5.84. The maximum absolute atomic E-state index is 11.4. The number of hydrogen-bond donors (Lipinski definition) is 1. The van der Waals surface area contributed by atoms with Crippen LogP contribution in [0.3, 0.4) is 0 Å². The van der Waals surface area contributed by atoms with E-state index in [1.807, 2.05) is 24.3 Å². The Labute approximate surface area is 113 Å². The predicted molar refractivity (Wildman–Crippen MR) is 71.5 cm³/mol. The summed E-state index contributed by atoms with van der Waals surface area (Å²) in [6.45, 7) is 4.60. The van der Waals surface area contributed by atoms with Gasteiger partial charge in [-0.15, -0.1) is 0 Å². The number of ether oxygens (including phenoxy) is 2. The summed E-state index contributed by atoms with van der Waals surface area (Å²) in [4.78, 5) is 11.4. The first-order valence-electron chi connectivity index (χ1n) is 6.36. The molecule has 104 valence electrons. The maximum atomic E-state index is 11.4. The van der Waals surface area contributed by atoms with Crippen LogP contribution >= 0.6 is 0 Å². The first-order chi connectivity index (χ1) is 8.91. The molecule has 1 saturated heterocycles. The predicted octanol–water partition coefficient (Wildman–Crippen LogP) is 2.46. The van der Waals surface area contributed by atoms with E-state index in [1.165, 1.54) is 0 Å². The van der Waals surface area contributed by atoms with Gasteiger partial charge in [0.1, 0.15) is 5.75 Å². The average molecular weight is 264 g/mol. The SMILES string of the molecule is COc1ccccc1C1(CC(C)(C)C(=O)O)COC1. The van der Waals surface area contributed by atoms with Gasteiger partial charge in [-0.25, -0.2) is 0 Å². The van der Waals surface area contributed by atoms with Crippen molar-refractivity contribution in [3.63, 3.8) is 0 Å². The molecule has 0 saturated carbocycles. The van der Waals surface area contributed by atoms with Crippen molar-refractivity contribution in [2.75, 3.05) is 20.3 Å². The lowest BCUT2D eigenvalue weighted by Crippen LogP contribution is -2.50. The normalized spacial score (nSPS) is 17.6. The molecule has 19 heavy (non-hydrogen) atoms. The van der Waals surface area contributed by atoms with Gasteiger partial charge in [0.25, 0.3) is 0 Å². The molecule has 0 unspecified atom stereocenters. The van der Waals surface area contributed by atoms with Gasteiger partial charge in [-0.3, -0.25) is 4.79 Å². The fourth-order valence-electron chi connectivity index (χ4n) is 2.71. The zero-order valence-corrected chi connectivity index (χ0v) is 11.6. The molecule has 0 atom stereocenters. The molecule has 0 aromatic heterocycles. The lowest BCUT2D eigenvalue weighted by Gasteiger charge is -2.45. The number of para-hydroxylation sites is 1. The highest BCUT2D eigenvalue weighted by Crippen LogP contribution is 2.45. The third-order valence-corrected chi connectivity index (χ3v) is 3.79. The Morgan fingerprint density at radius 3 is 2.53 bits per heavy atom. The van der Waals surface area contributed by atoms with Crippen molar-refractivity contribution >= 4 is 5.97 Å². The third-order valence-electron chi connectivity index (χ3n) is 3.79. The molecule has 2 rings (SSSR count). The molecule has 0 aliphatic carbocycles. The highest BCUT2D eigenvalue weighted by atomic mass is 16.5. The van der Waals surface area contributed by atoms with Gasteiger partial charge in [-0.05, 0) is 26.3 Å². The Balaban J connectivity index is 2.35. The molecule has 0 spiro atoms. The Kier molecular flexibility index (Phi) is 3.54. The molecular formula is C15H20O4. The topological polar surface area (TPSA) is 55.8 Å². The van der Waals surface area contributed by atoms with Crippen molar-refractivity contribution in [3.05, 3.63) is 29.8 Å². The van der Waals surface area contributed by atoms with Crippen molar-refractivity contribution in [2.45, 2.75) is 25.7 Å². The van der Waals surface area contributed by atoms with E-state index in [9.17, 15) is 9.90 Å². The quantitative estimate of drug-likeness (QED) is 0.887. The number of benzene rings is 1. The first kappa shape index (κ1) is 13.9. The Hall–Kier alpha value is -1.55. The maximum Gasteiger partial charge on any atom is 0.309 e. The number of carboxylic acid groups (broad SMARTS) is 1. The second-order valence-electron chi connectivity index (χ2n) is 5.84. The van der Waals surface area contributed by atoms with Gasteiger partial charge in [0.15, 0.2) is 0 Å². The van der Waals surface area contributed by atoms with E-state index in [2.05, 4.69) is 0 Å². The zero-order chi connectivity index (χ0) is 14.1. The van der Waals surface area contributed by atoms with E-state index >= 15 is 0 Å². The Bertz CT molecular complexity index is 475. The molecule has 1 aromatic carbocycles. The fraction of sp³-hybridized carbons (Fsp3) is 0.533. The number of carbonyl (C=O) groups is 1. The van der Waals surface area contributed by atoms with Crippen molar-refractivity contribution in [3.8, 4) is 5.75 Å². The molecular weight excluding hydrogens is 244 g/mol. The fourth-order valence-corrected chi connectivity index (χ4v) is 2.71. The number of methoxy groups -OCH3 is 1. The van der Waals surface area contributed by atoms with Crippen LogP contribution in [-0.4, -0.2) is 31.4 Å². The van der Waals surface area contributed by atoms with Crippen LogP contribution in [0, 0.1) is 5.41 Å². The highest BCUT2D eigenvalue weighted by Gasteiger charge is 2.48. The summed E-state index contributed by atoms with van der Waals surface area (Å²) < 4.78 is 10.8. The minimum atomic E-state index is -0.787. The molecule has 0 bridgehead atoms. The summed E-state index contributed by atoms with van der Waals surface area (Å²) in [5.74, 6) is 0.0145. The van der Waals surface area contributed by atoms with Gasteiger partial charge >= 0.3 is 5.97 Å². The summed E-state index contributed by atoms with van der Waals surface area (Å²) in [6, 6.07) is 7.77. The van der Waals surface area contributed by atoms with Crippen LogP contribution in [0.1, 0.15) is 25.8 Å². The monoisotopic (exact) mass is 264 g/mol.